The number of halogens is 1. The number of carbonyl (C=O) groups is 1. The van der Waals surface area contributed by atoms with Crippen LogP contribution in [0.25, 0.3) is 4.96 Å². The van der Waals surface area contributed by atoms with E-state index in [4.69, 9.17) is 4.74 Å². The predicted octanol–water partition coefficient (Wildman–Crippen LogP) is 3.93. The summed E-state index contributed by atoms with van der Waals surface area (Å²) in [6.07, 6.45) is 1.49. The van der Waals surface area contributed by atoms with Gasteiger partial charge in [-0.2, -0.15) is 4.52 Å². The van der Waals surface area contributed by atoms with Gasteiger partial charge in [-0.05, 0) is 57.5 Å². The van der Waals surface area contributed by atoms with Crippen LogP contribution in [0.3, 0.4) is 0 Å². The molecule has 2 aromatic heterocycles. The number of rotatable bonds is 5. The molecule has 9 heteroatoms. The second-order valence-electron chi connectivity index (χ2n) is 7.16. The number of aromatic nitrogens is 3. The van der Waals surface area contributed by atoms with Gasteiger partial charge in [0.2, 0.25) is 10.8 Å². The van der Waals surface area contributed by atoms with Gasteiger partial charge in [-0.15, -0.1) is 5.10 Å². The third-order valence-corrected chi connectivity index (χ3v) is 6.86. The molecule has 1 saturated heterocycles. The first-order valence-corrected chi connectivity index (χ1v) is 11.3. The number of aromatic hydroxyl groups is 1. The van der Waals surface area contributed by atoms with Crippen molar-refractivity contribution in [3.63, 3.8) is 0 Å². The van der Waals surface area contributed by atoms with E-state index in [1.165, 1.54) is 15.9 Å². The molecule has 0 aliphatic carbocycles. The molecule has 7 nitrogen and oxygen atoms in total. The van der Waals surface area contributed by atoms with Gasteiger partial charge in [-0.1, -0.05) is 39.4 Å². The molecule has 1 atom stereocenters. The zero-order valence-electron chi connectivity index (χ0n) is 16.3. The molecule has 4 rings (SSSR count). The number of thiazole rings is 1. The molecule has 0 radical (unpaired) electrons. The highest BCUT2D eigenvalue weighted by molar-refractivity contribution is 9.10. The van der Waals surface area contributed by atoms with E-state index in [1.807, 2.05) is 26.0 Å². The van der Waals surface area contributed by atoms with Gasteiger partial charge in [0.25, 0.3) is 0 Å². The molecule has 0 bridgehead atoms. The Labute approximate surface area is 181 Å². The van der Waals surface area contributed by atoms with Crippen LogP contribution in [-0.4, -0.2) is 50.3 Å². The molecule has 1 N–H and O–H groups in total. The first-order valence-electron chi connectivity index (χ1n) is 9.69. The molecule has 3 heterocycles. The first kappa shape index (κ1) is 20.3. The van der Waals surface area contributed by atoms with E-state index in [9.17, 15) is 9.90 Å². The van der Waals surface area contributed by atoms with Crippen LogP contribution in [0.15, 0.2) is 28.7 Å². The third kappa shape index (κ3) is 4.04. The molecule has 0 amide bonds. The predicted molar refractivity (Wildman–Crippen MR) is 114 cm³/mol. The Morgan fingerprint density at radius 3 is 2.66 bits per heavy atom. The minimum atomic E-state index is -0.125. The maximum atomic E-state index is 12.1. The average molecular weight is 479 g/mol. The molecule has 0 spiro atoms. The summed E-state index contributed by atoms with van der Waals surface area (Å²) in [5.74, 6) is 0.597. The molecule has 154 valence electrons. The van der Waals surface area contributed by atoms with E-state index >= 15 is 0 Å². The molecular formula is C20H23BrN4O3S. The van der Waals surface area contributed by atoms with Crippen LogP contribution < -0.4 is 0 Å². The number of aryl methyl sites for hydroxylation is 1. The van der Waals surface area contributed by atoms with Crippen LogP contribution >= 0.6 is 27.3 Å². The minimum Gasteiger partial charge on any atom is -0.492 e. The summed E-state index contributed by atoms with van der Waals surface area (Å²) in [5, 5.41) is 15.2. The number of carbonyl (C=O) groups excluding carboxylic acids is 1. The van der Waals surface area contributed by atoms with Crippen molar-refractivity contribution >= 4 is 38.2 Å². The number of esters is 1. The molecule has 0 saturated carbocycles. The second kappa shape index (κ2) is 8.41. The molecule has 1 aliphatic rings. The van der Waals surface area contributed by atoms with Gasteiger partial charge in [0.15, 0.2) is 0 Å². The summed E-state index contributed by atoms with van der Waals surface area (Å²) >= 11 is 4.95. The fraction of sp³-hybridized carbons (Fsp3) is 0.450. The van der Waals surface area contributed by atoms with Crippen molar-refractivity contribution in [1.82, 2.24) is 19.5 Å². The largest absolute Gasteiger partial charge is 0.492 e. The lowest BCUT2D eigenvalue weighted by Gasteiger charge is -2.36. The van der Waals surface area contributed by atoms with Crippen molar-refractivity contribution in [2.24, 2.45) is 5.92 Å². The van der Waals surface area contributed by atoms with Crippen LogP contribution in [0.1, 0.15) is 42.1 Å². The summed E-state index contributed by atoms with van der Waals surface area (Å²) in [7, 11) is 0. The number of hydrogen-bond donors (Lipinski definition) is 1. The molecule has 1 aliphatic heterocycles. The molecule has 0 unspecified atom stereocenters. The van der Waals surface area contributed by atoms with Gasteiger partial charge in [0.05, 0.1) is 23.4 Å². The Hall–Kier alpha value is -1.97. The lowest BCUT2D eigenvalue weighted by atomic mass is 9.94. The highest BCUT2D eigenvalue weighted by atomic mass is 79.9. The number of ether oxygens (including phenoxy) is 1. The van der Waals surface area contributed by atoms with Crippen molar-refractivity contribution in [2.45, 2.75) is 32.7 Å². The summed E-state index contributed by atoms with van der Waals surface area (Å²) in [6.45, 7) is 5.55. The van der Waals surface area contributed by atoms with Crippen molar-refractivity contribution < 1.29 is 14.6 Å². The average Bonchev–Trinajstić information content (AvgIpc) is 3.22. The SMILES string of the molecule is CCOC(=O)C1CCN([C@@H](c2ccc(Br)cc2)c2sc3nc(C)nn3c2O)CC1. The van der Waals surface area contributed by atoms with E-state index in [0.29, 0.717) is 17.4 Å². The molecule has 1 fully saturated rings. The topological polar surface area (TPSA) is 80.0 Å². The fourth-order valence-electron chi connectivity index (χ4n) is 3.85. The molecule has 29 heavy (non-hydrogen) atoms. The summed E-state index contributed by atoms with van der Waals surface area (Å²) in [5.41, 5.74) is 1.08. The van der Waals surface area contributed by atoms with Crippen LogP contribution in [0.2, 0.25) is 0 Å². The highest BCUT2D eigenvalue weighted by Crippen LogP contribution is 2.41. The van der Waals surface area contributed by atoms with Gasteiger partial charge in [0, 0.05) is 4.47 Å². The molecular weight excluding hydrogens is 456 g/mol. The van der Waals surface area contributed by atoms with Crippen LogP contribution in [-0.2, 0) is 9.53 Å². The minimum absolute atomic E-state index is 0.0599. The Kier molecular flexibility index (Phi) is 5.89. The Balaban J connectivity index is 1.66. The summed E-state index contributed by atoms with van der Waals surface area (Å²) in [6, 6.07) is 8.01. The van der Waals surface area contributed by atoms with Crippen LogP contribution in [0, 0.1) is 12.8 Å². The molecule has 1 aromatic carbocycles. The fourth-order valence-corrected chi connectivity index (χ4v) is 5.28. The number of hydrogen-bond acceptors (Lipinski definition) is 7. The van der Waals surface area contributed by atoms with Crippen LogP contribution in [0.4, 0.5) is 0 Å². The van der Waals surface area contributed by atoms with E-state index in [-0.39, 0.29) is 23.8 Å². The van der Waals surface area contributed by atoms with Crippen molar-refractivity contribution in [3.8, 4) is 5.88 Å². The normalized spacial score (nSPS) is 16.9. The standard InChI is InChI=1S/C20H23BrN4O3S/c1-3-28-19(27)14-8-10-24(11-9-14)16(13-4-6-15(21)7-5-13)17-18(26)25-20(29-17)22-12(2)23-25/h4-7,14,16,26H,3,8-11H2,1-2H3/t16-/m0/s1. The quantitative estimate of drug-likeness (QED) is 0.559. The Morgan fingerprint density at radius 2 is 2.03 bits per heavy atom. The third-order valence-electron chi connectivity index (χ3n) is 5.25. The van der Waals surface area contributed by atoms with Crippen LogP contribution in [0.5, 0.6) is 5.88 Å². The van der Waals surface area contributed by atoms with Gasteiger partial charge in [-0.3, -0.25) is 9.69 Å². The van der Waals surface area contributed by atoms with Gasteiger partial charge in [-0.25, -0.2) is 4.98 Å². The van der Waals surface area contributed by atoms with E-state index < -0.39 is 0 Å². The summed E-state index contributed by atoms with van der Waals surface area (Å²) < 4.78 is 7.71. The zero-order valence-corrected chi connectivity index (χ0v) is 18.7. The number of nitrogens with zero attached hydrogens (tertiary/aromatic N) is 4. The smallest absolute Gasteiger partial charge is 0.309 e. The lowest BCUT2D eigenvalue weighted by Crippen LogP contribution is -2.39. The Bertz CT molecular complexity index is 1010. The number of piperidine rings is 1. The van der Waals surface area contributed by atoms with Crippen molar-refractivity contribution in [2.75, 3.05) is 19.7 Å². The first-order chi connectivity index (χ1) is 14.0. The Morgan fingerprint density at radius 1 is 1.34 bits per heavy atom. The second-order valence-corrected chi connectivity index (χ2v) is 9.08. The lowest BCUT2D eigenvalue weighted by molar-refractivity contribution is -0.149. The highest BCUT2D eigenvalue weighted by Gasteiger charge is 2.34. The van der Waals surface area contributed by atoms with E-state index in [1.54, 1.807) is 0 Å². The monoisotopic (exact) mass is 478 g/mol. The van der Waals surface area contributed by atoms with Crippen molar-refractivity contribution in [3.05, 3.63) is 45.0 Å². The van der Waals surface area contributed by atoms with Gasteiger partial charge in [0.1, 0.15) is 5.82 Å². The van der Waals surface area contributed by atoms with E-state index in [0.717, 1.165) is 40.8 Å². The van der Waals surface area contributed by atoms with E-state index in [2.05, 4.69) is 43.0 Å². The number of likely N-dealkylation sites (tertiary alicyclic amines) is 1. The van der Waals surface area contributed by atoms with Crippen molar-refractivity contribution in [1.29, 1.82) is 0 Å². The zero-order chi connectivity index (χ0) is 20.5. The maximum Gasteiger partial charge on any atom is 0.309 e. The number of fused-ring (bicyclic) bond motifs is 1. The van der Waals surface area contributed by atoms with Gasteiger partial charge >= 0.3 is 5.97 Å². The molecule has 3 aromatic rings. The van der Waals surface area contributed by atoms with Gasteiger partial charge < -0.3 is 9.84 Å². The maximum absolute atomic E-state index is 12.1. The number of benzene rings is 1. The summed E-state index contributed by atoms with van der Waals surface area (Å²) in [4.78, 5) is 20.3.